The van der Waals surface area contributed by atoms with Gasteiger partial charge in [0.2, 0.25) is 0 Å². The Morgan fingerprint density at radius 3 is 2.73 bits per heavy atom. The number of aliphatic imine (C=N–C) groups is 1. The summed E-state index contributed by atoms with van der Waals surface area (Å²) in [5.41, 5.74) is 4.33. The van der Waals surface area contributed by atoms with Crippen molar-refractivity contribution in [2.75, 3.05) is 7.11 Å². The second-order valence-corrected chi connectivity index (χ2v) is 7.77. The Hall–Kier alpha value is -4.33. The molecule has 7 nitrogen and oxygen atoms in total. The van der Waals surface area contributed by atoms with Crippen molar-refractivity contribution in [1.29, 1.82) is 0 Å². The molecule has 5 rings (SSSR count). The fourth-order valence-corrected chi connectivity index (χ4v) is 4.02. The molecule has 2 heterocycles. The number of halogens is 1. The standard InChI is InChI=1S/C25H19FN4O3/c1-33-25(32)28-23-13-16-7-6-15(12-21(16)27-23)17-8-14(9-18(26)11-17)10-22-19-4-2-3-5-20(19)24(31)30-29-22/h2-9,11-12H,10,13H2,1H3,(H,30,31)(H,27,28,32). The van der Waals surface area contributed by atoms with Crippen molar-refractivity contribution in [3.8, 4) is 11.1 Å². The molecule has 1 amide bonds. The Labute approximate surface area is 188 Å². The second-order valence-electron chi connectivity index (χ2n) is 7.77. The Kier molecular flexibility index (Phi) is 5.18. The summed E-state index contributed by atoms with van der Waals surface area (Å²) in [6, 6.07) is 17.7. The van der Waals surface area contributed by atoms with Crippen LogP contribution in [0.2, 0.25) is 0 Å². The number of amides is 1. The molecule has 33 heavy (non-hydrogen) atoms. The molecule has 0 saturated heterocycles. The van der Waals surface area contributed by atoms with E-state index in [1.807, 2.05) is 36.4 Å². The van der Waals surface area contributed by atoms with Gasteiger partial charge in [0.1, 0.15) is 11.7 Å². The van der Waals surface area contributed by atoms with Crippen LogP contribution in [-0.2, 0) is 17.6 Å². The van der Waals surface area contributed by atoms with Gasteiger partial charge in [0.05, 0.1) is 23.9 Å². The van der Waals surface area contributed by atoms with Crippen molar-refractivity contribution in [1.82, 2.24) is 15.5 Å². The first-order valence-corrected chi connectivity index (χ1v) is 10.3. The summed E-state index contributed by atoms with van der Waals surface area (Å²) in [5.74, 6) is 0.137. The first-order valence-electron chi connectivity index (χ1n) is 10.3. The molecule has 0 aliphatic carbocycles. The van der Waals surface area contributed by atoms with E-state index in [1.54, 1.807) is 12.1 Å². The van der Waals surface area contributed by atoms with E-state index in [4.69, 9.17) is 0 Å². The molecular formula is C25H19FN4O3. The van der Waals surface area contributed by atoms with Crippen molar-refractivity contribution < 1.29 is 13.9 Å². The minimum absolute atomic E-state index is 0.256. The van der Waals surface area contributed by atoms with Crippen molar-refractivity contribution in [3.05, 3.63) is 93.7 Å². The fourth-order valence-electron chi connectivity index (χ4n) is 4.02. The third kappa shape index (κ3) is 4.10. The highest BCUT2D eigenvalue weighted by molar-refractivity contribution is 6.01. The lowest BCUT2D eigenvalue weighted by atomic mass is 9.97. The third-order valence-corrected chi connectivity index (χ3v) is 5.57. The van der Waals surface area contributed by atoms with Crippen molar-refractivity contribution in [2.24, 2.45) is 4.99 Å². The molecule has 0 bridgehead atoms. The van der Waals surface area contributed by atoms with Gasteiger partial charge in [-0.2, -0.15) is 5.10 Å². The lowest BCUT2D eigenvalue weighted by Gasteiger charge is -2.09. The van der Waals surface area contributed by atoms with Gasteiger partial charge in [-0.05, 0) is 46.5 Å². The van der Waals surface area contributed by atoms with Crippen LogP contribution >= 0.6 is 0 Å². The number of carbonyl (C=O) groups is 1. The van der Waals surface area contributed by atoms with E-state index in [2.05, 4.69) is 25.2 Å². The maximum atomic E-state index is 14.5. The zero-order chi connectivity index (χ0) is 22.9. The van der Waals surface area contributed by atoms with Crippen LogP contribution in [0, 0.1) is 5.82 Å². The number of ether oxygens (including phenoxy) is 1. The Balaban J connectivity index is 1.48. The van der Waals surface area contributed by atoms with E-state index >= 15 is 0 Å². The van der Waals surface area contributed by atoms with E-state index in [1.165, 1.54) is 19.2 Å². The van der Waals surface area contributed by atoms with E-state index in [0.717, 1.165) is 27.8 Å². The minimum Gasteiger partial charge on any atom is -0.453 e. The van der Waals surface area contributed by atoms with Gasteiger partial charge in [0, 0.05) is 18.2 Å². The molecule has 8 heteroatoms. The summed E-state index contributed by atoms with van der Waals surface area (Å²) in [4.78, 5) is 28.0. The number of nitrogens with zero attached hydrogens (tertiary/aromatic N) is 2. The number of nitrogens with one attached hydrogen (secondary N) is 2. The van der Waals surface area contributed by atoms with Crippen LogP contribution in [-0.4, -0.2) is 29.2 Å². The normalized spacial score (nSPS) is 12.4. The second kappa shape index (κ2) is 8.31. The number of amidine groups is 1. The summed E-state index contributed by atoms with van der Waals surface area (Å²) in [7, 11) is 1.29. The molecular weight excluding hydrogens is 423 g/mol. The van der Waals surface area contributed by atoms with Crippen LogP contribution < -0.4 is 10.9 Å². The molecule has 164 valence electrons. The fraction of sp³-hybridized carbons (Fsp3) is 0.120. The van der Waals surface area contributed by atoms with Crippen LogP contribution in [0.3, 0.4) is 0 Å². The molecule has 0 atom stereocenters. The van der Waals surface area contributed by atoms with E-state index in [-0.39, 0.29) is 11.4 Å². The van der Waals surface area contributed by atoms with Gasteiger partial charge in [-0.25, -0.2) is 19.3 Å². The Morgan fingerprint density at radius 1 is 1.09 bits per heavy atom. The maximum absolute atomic E-state index is 14.5. The van der Waals surface area contributed by atoms with E-state index in [0.29, 0.717) is 35.3 Å². The van der Waals surface area contributed by atoms with Crippen molar-refractivity contribution in [2.45, 2.75) is 12.8 Å². The molecule has 0 spiro atoms. The summed E-state index contributed by atoms with van der Waals surface area (Å²) in [6.45, 7) is 0. The number of alkyl carbamates (subject to hydrolysis) is 1. The number of rotatable bonds is 3. The van der Waals surface area contributed by atoms with Gasteiger partial charge in [-0.15, -0.1) is 0 Å². The molecule has 1 aromatic heterocycles. The van der Waals surface area contributed by atoms with Gasteiger partial charge >= 0.3 is 6.09 Å². The van der Waals surface area contributed by atoms with Gasteiger partial charge in [-0.1, -0.05) is 36.4 Å². The number of aromatic amines is 1. The summed E-state index contributed by atoms with van der Waals surface area (Å²) in [6.07, 6.45) is 0.280. The number of carbonyl (C=O) groups excluding carboxylic acids is 1. The largest absolute Gasteiger partial charge is 0.453 e. The van der Waals surface area contributed by atoms with Crippen LogP contribution in [0.15, 0.2) is 70.5 Å². The predicted molar refractivity (Wildman–Crippen MR) is 123 cm³/mol. The molecule has 3 aromatic carbocycles. The summed E-state index contributed by atoms with van der Waals surface area (Å²) in [5, 5.41) is 10.6. The predicted octanol–water partition coefficient (Wildman–Crippen LogP) is 4.26. The monoisotopic (exact) mass is 442 g/mol. The van der Waals surface area contributed by atoms with Crippen LogP contribution in [0.25, 0.3) is 21.9 Å². The number of hydrogen-bond donors (Lipinski definition) is 2. The molecule has 0 radical (unpaired) electrons. The SMILES string of the molecule is COC(=O)NC1=Nc2cc(-c3cc(F)cc(Cc4n[nH]c(=O)c5ccccc45)c3)ccc2C1. The quantitative estimate of drug-likeness (QED) is 0.495. The average molecular weight is 442 g/mol. The van der Waals surface area contributed by atoms with E-state index in [9.17, 15) is 14.0 Å². The first kappa shape index (κ1) is 20.6. The molecule has 1 aliphatic rings. The summed E-state index contributed by atoms with van der Waals surface area (Å²) < 4.78 is 19.2. The molecule has 1 aliphatic heterocycles. The number of hydrogen-bond acceptors (Lipinski definition) is 5. The van der Waals surface area contributed by atoms with Crippen LogP contribution in [0.4, 0.5) is 14.9 Å². The topological polar surface area (TPSA) is 96.4 Å². The number of H-pyrrole nitrogens is 1. The van der Waals surface area contributed by atoms with Crippen molar-refractivity contribution in [3.63, 3.8) is 0 Å². The van der Waals surface area contributed by atoms with E-state index < -0.39 is 6.09 Å². The third-order valence-electron chi connectivity index (χ3n) is 5.57. The summed E-state index contributed by atoms with van der Waals surface area (Å²) >= 11 is 0. The van der Waals surface area contributed by atoms with Gasteiger partial charge in [0.15, 0.2) is 0 Å². The number of aromatic nitrogens is 2. The smallest absolute Gasteiger partial charge is 0.412 e. The zero-order valence-electron chi connectivity index (χ0n) is 17.7. The molecule has 0 saturated carbocycles. The first-order chi connectivity index (χ1) is 16.0. The maximum Gasteiger partial charge on any atom is 0.412 e. The number of benzene rings is 3. The number of methoxy groups -OCH3 is 1. The minimum atomic E-state index is -0.569. The molecule has 2 N–H and O–H groups in total. The Bertz CT molecular complexity index is 1490. The lowest BCUT2D eigenvalue weighted by molar-refractivity contribution is 0.176. The lowest BCUT2D eigenvalue weighted by Crippen LogP contribution is -2.30. The highest BCUT2D eigenvalue weighted by atomic mass is 19.1. The average Bonchev–Trinajstić information content (AvgIpc) is 3.22. The van der Waals surface area contributed by atoms with Gasteiger partial charge < -0.3 is 4.74 Å². The van der Waals surface area contributed by atoms with Crippen molar-refractivity contribution >= 4 is 28.4 Å². The van der Waals surface area contributed by atoms with Crippen LogP contribution in [0.5, 0.6) is 0 Å². The molecule has 0 fully saturated rings. The Morgan fingerprint density at radius 2 is 1.91 bits per heavy atom. The highest BCUT2D eigenvalue weighted by Crippen LogP contribution is 2.32. The van der Waals surface area contributed by atoms with Gasteiger partial charge in [-0.3, -0.25) is 10.1 Å². The molecule has 0 unspecified atom stereocenters. The van der Waals surface area contributed by atoms with Crippen LogP contribution in [0.1, 0.15) is 16.8 Å². The zero-order valence-corrected chi connectivity index (χ0v) is 17.7. The highest BCUT2D eigenvalue weighted by Gasteiger charge is 2.18. The molecule has 4 aromatic rings. The number of fused-ring (bicyclic) bond motifs is 2. The van der Waals surface area contributed by atoms with Gasteiger partial charge in [0.25, 0.3) is 5.56 Å².